The SMILES string of the molecule is Cc1cccc(C(=O)NC(NCCC23CC4CC(CC(C4)C2)C3)(C(F)(F)F)C(F)(F)F)c1. The first-order chi connectivity index (χ1) is 14.8. The zero-order valence-electron chi connectivity index (χ0n) is 17.9. The number of aryl methyl sites for hydroxylation is 1. The third kappa shape index (κ3) is 4.24. The van der Waals surface area contributed by atoms with Gasteiger partial charge in [-0.1, -0.05) is 17.7 Å². The first-order valence-corrected chi connectivity index (χ1v) is 11.1. The summed E-state index contributed by atoms with van der Waals surface area (Å²) in [4.78, 5) is 12.4. The predicted octanol–water partition coefficient (Wildman–Crippen LogP) is 5.74. The number of hydrogen-bond donors (Lipinski definition) is 2. The number of rotatable bonds is 6. The second kappa shape index (κ2) is 7.92. The van der Waals surface area contributed by atoms with Crippen molar-refractivity contribution >= 4 is 5.91 Å². The summed E-state index contributed by atoms with van der Waals surface area (Å²) < 4.78 is 83.5. The molecule has 1 aromatic rings. The fourth-order valence-electron chi connectivity index (χ4n) is 6.69. The minimum absolute atomic E-state index is 0.189. The molecule has 4 aliphatic carbocycles. The lowest BCUT2D eigenvalue weighted by Crippen LogP contribution is -2.75. The highest BCUT2D eigenvalue weighted by molar-refractivity contribution is 5.95. The molecule has 0 unspecified atom stereocenters. The molecule has 4 saturated carbocycles. The van der Waals surface area contributed by atoms with Gasteiger partial charge in [0.2, 0.25) is 0 Å². The Balaban J connectivity index is 1.54. The summed E-state index contributed by atoms with van der Waals surface area (Å²) in [5.74, 6) is 0.192. The van der Waals surface area contributed by atoms with Crippen LogP contribution in [0.2, 0.25) is 0 Å². The Morgan fingerprint density at radius 2 is 1.50 bits per heavy atom. The lowest BCUT2D eigenvalue weighted by atomic mass is 9.49. The van der Waals surface area contributed by atoms with E-state index in [1.165, 1.54) is 23.5 Å². The van der Waals surface area contributed by atoms with Crippen molar-refractivity contribution in [1.29, 1.82) is 0 Å². The van der Waals surface area contributed by atoms with Crippen LogP contribution in [0.25, 0.3) is 0 Å². The quantitative estimate of drug-likeness (QED) is 0.418. The molecule has 2 N–H and O–H groups in total. The van der Waals surface area contributed by atoms with Crippen LogP contribution in [0.5, 0.6) is 0 Å². The molecule has 0 spiro atoms. The normalized spacial score (nSPS) is 29.9. The number of alkyl halides is 6. The Bertz CT molecular complexity index is 813. The molecule has 9 heteroatoms. The zero-order valence-corrected chi connectivity index (χ0v) is 17.9. The van der Waals surface area contributed by atoms with Crippen LogP contribution in [-0.2, 0) is 0 Å². The lowest BCUT2D eigenvalue weighted by molar-refractivity contribution is -0.314. The molecular formula is C23H28F6N2O. The fourth-order valence-corrected chi connectivity index (χ4v) is 6.69. The van der Waals surface area contributed by atoms with Crippen molar-refractivity contribution in [2.45, 2.75) is 69.9 Å². The molecule has 0 aromatic heterocycles. The number of hydrogen-bond acceptors (Lipinski definition) is 2. The van der Waals surface area contributed by atoms with Crippen LogP contribution >= 0.6 is 0 Å². The third-order valence-electron chi connectivity index (χ3n) is 7.64. The van der Waals surface area contributed by atoms with E-state index in [1.807, 2.05) is 0 Å². The van der Waals surface area contributed by atoms with Crippen molar-refractivity contribution in [3.63, 3.8) is 0 Å². The second-order valence-corrected chi connectivity index (χ2v) is 10.2. The highest BCUT2D eigenvalue weighted by Crippen LogP contribution is 2.61. The second-order valence-electron chi connectivity index (χ2n) is 10.2. The van der Waals surface area contributed by atoms with Crippen molar-refractivity contribution in [3.8, 4) is 0 Å². The van der Waals surface area contributed by atoms with Crippen molar-refractivity contribution in [1.82, 2.24) is 10.6 Å². The number of halogens is 6. The Morgan fingerprint density at radius 1 is 0.969 bits per heavy atom. The van der Waals surface area contributed by atoms with Gasteiger partial charge in [0.15, 0.2) is 0 Å². The molecule has 0 radical (unpaired) electrons. The summed E-state index contributed by atoms with van der Waals surface area (Å²) >= 11 is 0. The van der Waals surface area contributed by atoms with Gasteiger partial charge in [0.1, 0.15) is 0 Å². The van der Waals surface area contributed by atoms with Crippen LogP contribution in [0.3, 0.4) is 0 Å². The molecule has 32 heavy (non-hydrogen) atoms. The Morgan fingerprint density at radius 3 is 1.97 bits per heavy atom. The smallest absolute Gasteiger partial charge is 0.319 e. The van der Waals surface area contributed by atoms with Gasteiger partial charge in [-0.2, -0.15) is 26.3 Å². The van der Waals surface area contributed by atoms with Crippen LogP contribution in [0, 0.1) is 30.1 Å². The summed E-state index contributed by atoms with van der Waals surface area (Å²) in [5, 5.41) is 2.98. The van der Waals surface area contributed by atoms with Gasteiger partial charge < -0.3 is 5.32 Å². The fraction of sp³-hybridized carbons (Fsp3) is 0.696. The van der Waals surface area contributed by atoms with Crippen molar-refractivity contribution < 1.29 is 31.1 Å². The lowest BCUT2D eigenvalue weighted by Gasteiger charge is -2.57. The molecule has 0 atom stereocenters. The van der Waals surface area contributed by atoms with E-state index in [9.17, 15) is 31.1 Å². The molecule has 178 valence electrons. The third-order valence-corrected chi connectivity index (χ3v) is 7.64. The Kier molecular flexibility index (Phi) is 5.79. The van der Waals surface area contributed by atoms with Gasteiger partial charge in [-0.15, -0.1) is 0 Å². The molecule has 0 heterocycles. The largest absolute Gasteiger partial charge is 0.434 e. The summed E-state index contributed by atoms with van der Waals surface area (Å²) in [6.45, 7) is 1.13. The highest BCUT2D eigenvalue weighted by atomic mass is 19.4. The standard InChI is InChI=1S/C23H28F6N2O/c1-14-3-2-4-18(7-14)19(32)31-21(22(24,25)26,23(27,28)29)30-6-5-20-11-15-8-16(12-20)10-17(9-15)13-20/h2-4,7,15-17,30H,5-6,8-13H2,1H3,(H,31,32). The van der Waals surface area contributed by atoms with E-state index in [0.29, 0.717) is 23.3 Å². The molecule has 3 nitrogen and oxygen atoms in total. The zero-order chi connectivity index (χ0) is 23.4. The number of carbonyl (C=O) groups is 1. The van der Waals surface area contributed by atoms with Gasteiger partial charge in [0, 0.05) is 5.56 Å². The summed E-state index contributed by atoms with van der Waals surface area (Å²) in [6.07, 6.45) is -5.27. The van der Waals surface area contributed by atoms with Gasteiger partial charge in [0.25, 0.3) is 11.6 Å². The van der Waals surface area contributed by atoms with Crippen LogP contribution in [0.4, 0.5) is 26.3 Å². The summed E-state index contributed by atoms with van der Waals surface area (Å²) in [7, 11) is 0. The van der Waals surface area contributed by atoms with Gasteiger partial charge in [-0.3, -0.25) is 10.1 Å². The average Bonchev–Trinajstić information content (AvgIpc) is 2.64. The number of carbonyl (C=O) groups excluding carboxylic acids is 1. The average molecular weight is 462 g/mol. The maximum absolute atomic E-state index is 13.9. The first kappa shape index (κ1) is 23.4. The van der Waals surface area contributed by atoms with E-state index < -0.39 is 30.5 Å². The van der Waals surface area contributed by atoms with E-state index in [2.05, 4.69) is 0 Å². The maximum Gasteiger partial charge on any atom is 0.434 e. The molecule has 0 aliphatic heterocycles. The highest BCUT2D eigenvalue weighted by Gasteiger charge is 2.72. The van der Waals surface area contributed by atoms with Crippen molar-refractivity contribution in [2.75, 3.05) is 6.54 Å². The van der Waals surface area contributed by atoms with E-state index in [0.717, 1.165) is 38.5 Å². The Hall–Kier alpha value is -1.77. The minimum Gasteiger partial charge on any atom is -0.319 e. The molecule has 1 amide bonds. The summed E-state index contributed by atoms with van der Waals surface area (Å²) in [5.41, 5.74) is -4.41. The van der Waals surface area contributed by atoms with Crippen LogP contribution in [-0.4, -0.2) is 30.5 Å². The molecule has 4 fully saturated rings. The molecule has 4 bridgehead atoms. The van der Waals surface area contributed by atoms with Crippen LogP contribution < -0.4 is 10.6 Å². The van der Waals surface area contributed by atoms with Gasteiger partial charge in [0.05, 0.1) is 0 Å². The number of nitrogens with one attached hydrogen (secondary N) is 2. The van der Waals surface area contributed by atoms with E-state index >= 15 is 0 Å². The van der Waals surface area contributed by atoms with Gasteiger partial charge >= 0.3 is 12.4 Å². The van der Waals surface area contributed by atoms with E-state index in [4.69, 9.17) is 0 Å². The first-order valence-electron chi connectivity index (χ1n) is 11.1. The Labute approximate surface area is 183 Å². The summed E-state index contributed by atoms with van der Waals surface area (Å²) in [6, 6.07) is 5.45. The van der Waals surface area contributed by atoms with E-state index in [-0.39, 0.29) is 17.4 Å². The molecule has 0 saturated heterocycles. The number of benzene rings is 1. The molecule has 1 aromatic carbocycles. The van der Waals surface area contributed by atoms with Crippen molar-refractivity contribution in [3.05, 3.63) is 35.4 Å². The minimum atomic E-state index is -5.77. The topological polar surface area (TPSA) is 41.1 Å². The van der Waals surface area contributed by atoms with E-state index in [1.54, 1.807) is 18.3 Å². The van der Waals surface area contributed by atoms with Gasteiger partial charge in [-0.25, -0.2) is 0 Å². The van der Waals surface area contributed by atoms with Crippen LogP contribution in [0.15, 0.2) is 24.3 Å². The maximum atomic E-state index is 13.9. The molecular weight excluding hydrogens is 434 g/mol. The number of amides is 1. The van der Waals surface area contributed by atoms with Crippen LogP contribution in [0.1, 0.15) is 60.9 Å². The van der Waals surface area contributed by atoms with Gasteiger partial charge in [-0.05, 0) is 93.7 Å². The monoisotopic (exact) mass is 462 g/mol. The molecule has 5 rings (SSSR count). The van der Waals surface area contributed by atoms with Crippen molar-refractivity contribution in [2.24, 2.45) is 23.2 Å². The predicted molar refractivity (Wildman–Crippen MR) is 107 cm³/mol. The molecule has 4 aliphatic rings.